The Morgan fingerprint density at radius 2 is 2.53 bits per heavy atom. The molecule has 1 fully saturated rings. The number of carbonyl (C=O) groups is 1. The summed E-state index contributed by atoms with van der Waals surface area (Å²) < 4.78 is 0. The van der Waals surface area contributed by atoms with E-state index in [0.717, 1.165) is 4.88 Å². The summed E-state index contributed by atoms with van der Waals surface area (Å²) in [5.41, 5.74) is 0. The fourth-order valence-electron chi connectivity index (χ4n) is 1.59. The molecule has 1 saturated heterocycles. The summed E-state index contributed by atoms with van der Waals surface area (Å²) in [5.74, 6) is 2.28. The number of rotatable bonds is 4. The molecule has 0 spiro atoms. The largest absolute Gasteiger partial charge is 0.481 e. The van der Waals surface area contributed by atoms with Crippen molar-refractivity contribution in [2.24, 2.45) is 0 Å². The Hall–Kier alpha value is -0.550. The Balaban J connectivity index is 1.94. The molecule has 82 valence electrons. The highest BCUT2D eigenvalue weighted by Gasteiger charge is 2.20. The first-order valence-corrected chi connectivity index (χ1v) is 6.97. The minimum Gasteiger partial charge on any atom is -0.481 e. The topological polar surface area (TPSA) is 50.2 Å². The SMILES string of the molecule is O=C(O)CCc1cnc(C2CCSC2)s1. The zero-order valence-corrected chi connectivity index (χ0v) is 9.94. The lowest BCUT2D eigenvalue weighted by atomic mass is 10.1. The van der Waals surface area contributed by atoms with Crippen molar-refractivity contribution >= 4 is 29.1 Å². The Kier molecular flexibility index (Phi) is 3.64. The molecule has 3 nitrogen and oxygen atoms in total. The lowest BCUT2D eigenvalue weighted by molar-refractivity contribution is -0.136. The van der Waals surface area contributed by atoms with Crippen molar-refractivity contribution in [3.05, 3.63) is 16.1 Å². The van der Waals surface area contributed by atoms with E-state index in [1.807, 2.05) is 18.0 Å². The number of hydrogen-bond acceptors (Lipinski definition) is 4. The Labute approximate surface area is 96.9 Å². The fourth-order valence-corrected chi connectivity index (χ4v) is 3.97. The van der Waals surface area contributed by atoms with E-state index in [1.165, 1.54) is 22.9 Å². The molecule has 1 aliphatic rings. The summed E-state index contributed by atoms with van der Waals surface area (Å²) >= 11 is 3.66. The van der Waals surface area contributed by atoms with Gasteiger partial charge in [0.2, 0.25) is 0 Å². The van der Waals surface area contributed by atoms with Crippen LogP contribution in [0.1, 0.15) is 28.6 Å². The van der Waals surface area contributed by atoms with Crippen LogP contribution in [0.3, 0.4) is 0 Å². The molecule has 0 amide bonds. The Morgan fingerprint density at radius 3 is 3.20 bits per heavy atom. The average molecular weight is 243 g/mol. The molecule has 0 aliphatic carbocycles. The van der Waals surface area contributed by atoms with Crippen molar-refractivity contribution in [1.29, 1.82) is 0 Å². The van der Waals surface area contributed by atoms with Gasteiger partial charge in [0.05, 0.1) is 11.4 Å². The van der Waals surface area contributed by atoms with Crippen LogP contribution in [-0.2, 0) is 11.2 Å². The number of aliphatic carboxylic acids is 1. The second kappa shape index (κ2) is 4.99. The standard InChI is InChI=1S/C10H13NO2S2/c12-9(13)2-1-8-5-11-10(15-8)7-3-4-14-6-7/h5,7H,1-4,6H2,(H,12,13). The van der Waals surface area contributed by atoms with Crippen LogP contribution in [0.5, 0.6) is 0 Å². The van der Waals surface area contributed by atoms with Crippen LogP contribution in [-0.4, -0.2) is 27.6 Å². The van der Waals surface area contributed by atoms with E-state index in [0.29, 0.717) is 12.3 Å². The van der Waals surface area contributed by atoms with E-state index < -0.39 is 5.97 Å². The number of thioether (sulfide) groups is 1. The van der Waals surface area contributed by atoms with Gasteiger partial charge in [-0.2, -0.15) is 11.8 Å². The number of nitrogens with zero attached hydrogens (tertiary/aromatic N) is 1. The van der Waals surface area contributed by atoms with Crippen molar-refractivity contribution in [2.45, 2.75) is 25.2 Å². The lowest BCUT2D eigenvalue weighted by Crippen LogP contribution is -1.95. The van der Waals surface area contributed by atoms with Gasteiger partial charge in [0.1, 0.15) is 0 Å². The summed E-state index contributed by atoms with van der Waals surface area (Å²) in [6, 6.07) is 0. The minimum absolute atomic E-state index is 0.209. The summed E-state index contributed by atoms with van der Waals surface area (Å²) in [4.78, 5) is 15.9. The summed E-state index contributed by atoms with van der Waals surface area (Å²) in [7, 11) is 0. The quantitative estimate of drug-likeness (QED) is 0.882. The Morgan fingerprint density at radius 1 is 1.67 bits per heavy atom. The van der Waals surface area contributed by atoms with Gasteiger partial charge in [0, 0.05) is 22.7 Å². The second-order valence-corrected chi connectivity index (χ2v) is 5.92. The molecule has 0 aromatic carbocycles. The maximum Gasteiger partial charge on any atom is 0.303 e. The number of carboxylic acid groups (broad SMARTS) is 1. The molecule has 0 radical (unpaired) electrons. The van der Waals surface area contributed by atoms with Crippen LogP contribution in [0.4, 0.5) is 0 Å². The van der Waals surface area contributed by atoms with Crippen LogP contribution in [0.2, 0.25) is 0 Å². The van der Waals surface area contributed by atoms with Gasteiger partial charge < -0.3 is 5.11 Å². The van der Waals surface area contributed by atoms with Crippen LogP contribution in [0, 0.1) is 0 Å². The first-order chi connectivity index (χ1) is 7.25. The highest BCUT2D eigenvalue weighted by molar-refractivity contribution is 7.99. The van der Waals surface area contributed by atoms with Gasteiger partial charge in [-0.15, -0.1) is 11.3 Å². The van der Waals surface area contributed by atoms with Gasteiger partial charge in [0.25, 0.3) is 0 Å². The fraction of sp³-hybridized carbons (Fsp3) is 0.600. The molecule has 5 heteroatoms. The molecule has 1 unspecified atom stereocenters. The van der Waals surface area contributed by atoms with Gasteiger partial charge in [-0.05, 0) is 18.6 Å². The molecule has 2 heterocycles. The van der Waals surface area contributed by atoms with Crippen molar-refractivity contribution < 1.29 is 9.90 Å². The average Bonchev–Trinajstić information content (AvgIpc) is 2.85. The summed E-state index contributed by atoms with van der Waals surface area (Å²) in [6.45, 7) is 0. The molecule has 1 aromatic rings. The van der Waals surface area contributed by atoms with Gasteiger partial charge in [0.15, 0.2) is 0 Å². The lowest BCUT2D eigenvalue weighted by Gasteiger charge is -2.01. The van der Waals surface area contributed by atoms with E-state index in [4.69, 9.17) is 5.11 Å². The zero-order valence-electron chi connectivity index (χ0n) is 8.31. The van der Waals surface area contributed by atoms with E-state index in [9.17, 15) is 4.79 Å². The molecule has 15 heavy (non-hydrogen) atoms. The van der Waals surface area contributed by atoms with E-state index in [1.54, 1.807) is 11.3 Å². The monoisotopic (exact) mass is 243 g/mol. The third kappa shape index (κ3) is 2.95. The number of thiazole rings is 1. The van der Waals surface area contributed by atoms with E-state index in [-0.39, 0.29) is 6.42 Å². The predicted octanol–water partition coefficient (Wildman–Crippen LogP) is 2.38. The van der Waals surface area contributed by atoms with Gasteiger partial charge in [-0.3, -0.25) is 4.79 Å². The van der Waals surface area contributed by atoms with Crippen LogP contribution >= 0.6 is 23.1 Å². The minimum atomic E-state index is -0.735. The van der Waals surface area contributed by atoms with E-state index in [2.05, 4.69) is 4.98 Å². The molecule has 0 bridgehead atoms. The highest BCUT2D eigenvalue weighted by atomic mass is 32.2. The van der Waals surface area contributed by atoms with Crippen molar-refractivity contribution in [1.82, 2.24) is 4.98 Å². The van der Waals surface area contributed by atoms with Gasteiger partial charge in [-0.25, -0.2) is 4.98 Å². The molecule has 1 aliphatic heterocycles. The highest BCUT2D eigenvalue weighted by Crippen LogP contribution is 2.34. The molecular formula is C10H13NO2S2. The van der Waals surface area contributed by atoms with E-state index >= 15 is 0 Å². The molecule has 0 saturated carbocycles. The third-order valence-electron chi connectivity index (χ3n) is 2.44. The third-order valence-corrected chi connectivity index (χ3v) is 4.82. The first kappa shape index (κ1) is 11.0. The normalized spacial score (nSPS) is 20.7. The van der Waals surface area contributed by atoms with Gasteiger partial charge in [-0.1, -0.05) is 0 Å². The van der Waals surface area contributed by atoms with Crippen LogP contribution < -0.4 is 0 Å². The number of hydrogen-bond donors (Lipinski definition) is 1. The van der Waals surface area contributed by atoms with Crippen LogP contribution in [0.25, 0.3) is 0 Å². The summed E-state index contributed by atoms with van der Waals surface area (Å²) in [5, 5.41) is 9.77. The van der Waals surface area contributed by atoms with Crippen molar-refractivity contribution in [3.8, 4) is 0 Å². The zero-order chi connectivity index (χ0) is 10.7. The number of aromatic nitrogens is 1. The predicted molar refractivity (Wildman–Crippen MR) is 62.8 cm³/mol. The maximum absolute atomic E-state index is 10.4. The Bertz CT molecular complexity index is 345. The van der Waals surface area contributed by atoms with Crippen molar-refractivity contribution in [2.75, 3.05) is 11.5 Å². The molecular weight excluding hydrogens is 230 g/mol. The number of aryl methyl sites for hydroxylation is 1. The van der Waals surface area contributed by atoms with Gasteiger partial charge >= 0.3 is 5.97 Å². The molecule has 1 aromatic heterocycles. The summed E-state index contributed by atoms with van der Waals surface area (Å²) in [6.07, 6.45) is 3.89. The van der Waals surface area contributed by atoms with Crippen LogP contribution in [0.15, 0.2) is 6.20 Å². The first-order valence-electron chi connectivity index (χ1n) is 5.00. The molecule has 1 atom stereocenters. The smallest absolute Gasteiger partial charge is 0.303 e. The molecule has 1 N–H and O–H groups in total. The maximum atomic E-state index is 10.4. The second-order valence-electron chi connectivity index (χ2n) is 3.62. The molecule has 2 rings (SSSR count). The number of carboxylic acids is 1. The van der Waals surface area contributed by atoms with Crippen molar-refractivity contribution in [3.63, 3.8) is 0 Å².